The van der Waals surface area contributed by atoms with E-state index in [-0.39, 0.29) is 11.9 Å². The number of anilines is 2. The Bertz CT molecular complexity index is 860. The second-order valence-corrected chi connectivity index (χ2v) is 5.34. The van der Waals surface area contributed by atoms with Gasteiger partial charge < -0.3 is 14.8 Å². The van der Waals surface area contributed by atoms with Crippen LogP contribution in [0.5, 0.6) is 11.8 Å². The predicted molar refractivity (Wildman–Crippen MR) is 102 cm³/mol. The predicted octanol–water partition coefficient (Wildman–Crippen LogP) is 3.62. The first-order valence-corrected chi connectivity index (χ1v) is 7.93. The van der Waals surface area contributed by atoms with Crippen LogP contribution in [0.4, 0.5) is 11.6 Å². The van der Waals surface area contributed by atoms with Gasteiger partial charge in [-0.15, -0.1) is 0 Å². The van der Waals surface area contributed by atoms with E-state index in [0.717, 1.165) is 16.8 Å². The van der Waals surface area contributed by atoms with Gasteiger partial charge in [0, 0.05) is 5.69 Å². The van der Waals surface area contributed by atoms with Gasteiger partial charge in [-0.3, -0.25) is 10.7 Å². The van der Waals surface area contributed by atoms with Gasteiger partial charge >= 0.3 is 0 Å². The lowest BCUT2D eigenvalue weighted by atomic mass is 10.1. The topological polar surface area (TPSA) is 92.2 Å². The summed E-state index contributed by atoms with van der Waals surface area (Å²) in [6.07, 6.45) is 0. The number of hydrogen-bond acceptors (Lipinski definition) is 5. The van der Waals surface area contributed by atoms with E-state index in [1.165, 1.54) is 14.2 Å². The molecule has 0 aliphatic rings. The number of hydrogen-bond donors (Lipinski definition) is 3. The van der Waals surface area contributed by atoms with Crippen LogP contribution in [0.3, 0.4) is 0 Å². The third kappa shape index (κ3) is 4.27. The van der Waals surface area contributed by atoms with E-state index in [1.807, 2.05) is 42.5 Å². The van der Waals surface area contributed by atoms with Gasteiger partial charge in [-0.2, -0.15) is 9.97 Å². The maximum Gasteiger partial charge on any atom is 0.236 e. The van der Waals surface area contributed by atoms with Crippen LogP contribution in [-0.2, 0) is 0 Å². The minimum absolute atomic E-state index is 0.0350. The van der Waals surface area contributed by atoms with Crippen molar-refractivity contribution in [2.75, 3.05) is 24.9 Å². The minimum Gasteiger partial charge on any atom is -0.481 e. The fourth-order valence-electron chi connectivity index (χ4n) is 2.33. The number of benzene rings is 2. The highest BCUT2D eigenvalue weighted by Crippen LogP contribution is 2.21. The number of guanidine groups is 1. The molecule has 0 fully saturated rings. The summed E-state index contributed by atoms with van der Waals surface area (Å²) in [4.78, 5) is 8.26. The highest BCUT2D eigenvalue weighted by molar-refractivity contribution is 6.00. The van der Waals surface area contributed by atoms with Crippen LogP contribution in [0.15, 0.2) is 60.7 Å². The molecule has 1 aromatic heterocycles. The summed E-state index contributed by atoms with van der Waals surface area (Å²) in [5.41, 5.74) is 3.03. The molecular weight excluding hydrogens is 330 g/mol. The average molecular weight is 349 g/mol. The number of rotatable bonds is 5. The number of nitrogens with one attached hydrogen (secondary N) is 3. The Morgan fingerprint density at radius 1 is 0.808 bits per heavy atom. The van der Waals surface area contributed by atoms with Crippen molar-refractivity contribution in [2.24, 2.45) is 0 Å². The van der Waals surface area contributed by atoms with E-state index in [2.05, 4.69) is 32.7 Å². The van der Waals surface area contributed by atoms with E-state index in [4.69, 9.17) is 14.9 Å². The lowest BCUT2D eigenvalue weighted by Crippen LogP contribution is -2.22. The van der Waals surface area contributed by atoms with Crippen molar-refractivity contribution in [1.29, 1.82) is 5.41 Å². The van der Waals surface area contributed by atoms with Gasteiger partial charge in [-0.05, 0) is 23.3 Å². The van der Waals surface area contributed by atoms with E-state index in [9.17, 15) is 0 Å². The van der Waals surface area contributed by atoms with Crippen molar-refractivity contribution in [3.8, 4) is 22.9 Å². The molecule has 3 N–H and O–H groups in total. The fourth-order valence-corrected chi connectivity index (χ4v) is 2.33. The van der Waals surface area contributed by atoms with Crippen LogP contribution in [0.25, 0.3) is 11.1 Å². The third-order valence-electron chi connectivity index (χ3n) is 3.60. The second kappa shape index (κ2) is 7.98. The Morgan fingerprint density at radius 2 is 1.38 bits per heavy atom. The largest absolute Gasteiger partial charge is 0.481 e. The van der Waals surface area contributed by atoms with Gasteiger partial charge in [0.15, 0.2) is 5.96 Å². The zero-order valence-corrected chi connectivity index (χ0v) is 14.5. The molecule has 0 unspecified atom stereocenters. The SMILES string of the molecule is COc1cc(OC)nc(NC(=N)Nc2ccc(-c3ccccc3)cc2)n1. The molecule has 3 rings (SSSR count). The molecule has 0 atom stereocenters. The lowest BCUT2D eigenvalue weighted by Gasteiger charge is -2.11. The zero-order valence-electron chi connectivity index (χ0n) is 14.5. The number of nitrogens with zero attached hydrogens (tertiary/aromatic N) is 2. The molecule has 0 spiro atoms. The average Bonchev–Trinajstić information content (AvgIpc) is 2.68. The fraction of sp³-hybridized carbons (Fsp3) is 0.105. The first-order chi connectivity index (χ1) is 12.7. The van der Waals surface area contributed by atoms with Gasteiger partial charge in [-0.25, -0.2) is 0 Å². The van der Waals surface area contributed by atoms with Gasteiger partial charge in [0.05, 0.1) is 20.3 Å². The van der Waals surface area contributed by atoms with Gasteiger partial charge in [-0.1, -0.05) is 42.5 Å². The Labute approximate surface area is 151 Å². The minimum atomic E-state index is 0.0350. The standard InChI is InChI=1S/C19H19N5O2/c1-25-16-12-17(26-2)23-19(22-16)24-18(20)21-15-10-8-14(9-11-15)13-6-4-3-5-7-13/h3-12H,1-2H3,(H3,20,21,22,23,24). The van der Waals surface area contributed by atoms with Gasteiger partial charge in [0.1, 0.15) is 0 Å². The van der Waals surface area contributed by atoms with Crippen molar-refractivity contribution in [2.45, 2.75) is 0 Å². The molecule has 0 radical (unpaired) electrons. The first-order valence-electron chi connectivity index (χ1n) is 7.93. The monoisotopic (exact) mass is 349 g/mol. The number of methoxy groups -OCH3 is 2. The molecule has 7 heteroatoms. The normalized spacial score (nSPS) is 10.1. The Hall–Kier alpha value is -3.61. The van der Waals surface area contributed by atoms with Crippen LogP contribution < -0.4 is 20.1 Å². The Morgan fingerprint density at radius 3 is 1.96 bits per heavy atom. The number of ether oxygens (including phenoxy) is 2. The quantitative estimate of drug-likeness (QED) is 0.481. The van der Waals surface area contributed by atoms with Gasteiger partial charge in [0.25, 0.3) is 0 Å². The van der Waals surface area contributed by atoms with Gasteiger partial charge in [0.2, 0.25) is 17.7 Å². The van der Waals surface area contributed by atoms with E-state index in [1.54, 1.807) is 6.07 Å². The molecule has 0 aliphatic heterocycles. The first kappa shape index (κ1) is 17.2. The van der Waals surface area contributed by atoms with Crippen molar-refractivity contribution < 1.29 is 9.47 Å². The van der Waals surface area contributed by atoms with Crippen molar-refractivity contribution in [3.05, 3.63) is 60.7 Å². The van der Waals surface area contributed by atoms with Crippen molar-refractivity contribution >= 4 is 17.6 Å². The Kier molecular flexibility index (Phi) is 5.28. The Balaban J connectivity index is 1.67. The van der Waals surface area contributed by atoms with Crippen molar-refractivity contribution in [1.82, 2.24) is 9.97 Å². The smallest absolute Gasteiger partial charge is 0.236 e. The zero-order chi connectivity index (χ0) is 18.4. The number of aromatic nitrogens is 2. The van der Waals surface area contributed by atoms with Crippen LogP contribution in [0, 0.1) is 5.41 Å². The van der Waals surface area contributed by atoms with Crippen LogP contribution in [0.2, 0.25) is 0 Å². The van der Waals surface area contributed by atoms with E-state index in [0.29, 0.717) is 11.8 Å². The van der Waals surface area contributed by atoms with Crippen LogP contribution in [0.1, 0.15) is 0 Å². The summed E-state index contributed by atoms with van der Waals surface area (Å²) in [7, 11) is 3.01. The summed E-state index contributed by atoms with van der Waals surface area (Å²) >= 11 is 0. The lowest BCUT2D eigenvalue weighted by molar-refractivity contribution is 0.373. The molecule has 132 valence electrons. The molecule has 26 heavy (non-hydrogen) atoms. The maximum absolute atomic E-state index is 8.05. The highest BCUT2D eigenvalue weighted by atomic mass is 16.5. The summed E-state index contributed by atoms with van der Waals surface area (Å²) < 4.78 is 10.2. The summed E-state index contributed by atoms with van der Waals surface area (Å²) in [5.74, 6) is 0.936. The van der Waals surface area contributed by atoms with E-state index >= 15 is 0 Å². The summed E-state index contributed by atoms with van der Waals surface area (Å²) in [5, 5.41) is 13.8. The molecule has 2 aromatic carbocycles. The third-order valence-corrected chi connectivity index (χ3v) is 3.60. The molecule has 0 bridgehead atoms. The summed E-state index contributed by atoms with van der Waals surface area (Å²) in [6.45, 7) is 0. The molecule has 0 amide bonds. The molecule has 3 aromatic rings. The molecule has 0 saturated carbocycles. The summed E-state index contributed by atoms with van der Waals surface area (Å²) in [6, 6.07) is 19.5. The molecular formula is C19H19N5O2. The van der Waals surface area contributed by atoms with Crippen LogP contribution in [-0.4, -0.2) is 30.1 Å². The molecule has 0 aliphatic carbocycles. The molecule has 0 saturated heterocycles. The van der Waals surface area contributed by atoms with Crippen molar-refractivity contribution in [3.63, 3.8) is 0 Å². The molecule has 1 heterocycles. The maximum atomic E-state index is 8.05. The highest BCUT2D eigenvalue weighted by Gasteiger charge is 2.07. The van der Waals surface area contributed by atoms with E-state index < -0.39 is 0 Å². The molecule has 7 nitrogen and oxygen atoms in total. The van der Waals surface area contributed by atoms with Crippen LogP contribution >= 0.6 is 0 Å². The second-order valence-electron chi connectivity index (χ2n) is 5.34.